The topological polar surface area (TPSA) is 25.4 Å². The molecule has 0 amide bonds. The van der Waals surface area contributed by atoms with E-state index in [2.05, 4.69) is 11.0 Å². The van der Waals surface area contributed by atoms with E-state index in [1.54, 1.807) is 12.1 Å². The smallest absolute Gasteiger partial charge is 0.219 e. The number of hydrogen-bond donors (Lipinski definition) is 0. The summed E-state index contributed by atoms with van der Waals surface area (Å²) in [5.74, 6) is 2.57. The molecule has 130 valence electrons. The summed E-state index contributed by atoms with van der Waals surface area (Å²) in [4.78, 5) is 7.48. The van der Waals surface area contributed by atoms with E-state index in [4.69, 9.17) is 9.72 Å². The Labute approximate surface area is 147 Å². The fraction of sp³-hybridized carbons (Fsp3) is 0.476. The Bertz CT molecular complexity index is 764. The van der Waals surface area contributed by atoms with Gasteiger partial charge in [-0.15, -0.1) is 0 Å². The van der Waals surface area contributed by atoms with Crippen LogP contribution in [0.1, 0.15) is 31.4 Å². The van der Waals surface area contributed by atoms with Crippen molar-refractivity contribution in [3.63, 3.8) is 0 Å². The van der Waals surface area contributed by atoms with E-state index >= 15 is 0 Å². The first kappa shape index (κ1) is 15.3. The lowest BCUT2D eigenvalue weighted by Gasteiger charge is -2.48. The van der Waals surface area contributed by atoms with Gasteiger partial charge in [-0.3, -0.25) is 0 Å². The van der Waals surface area contributed by atoms with E-state index < -0.39 is 0 Å². The van der Waals surface area contributed by atoms with Crippen molar-refractivity contribution >= 4 is 0 Å². The third-order valence-corrected chi connectivity index (χ3v) is 6.42. The average Bonchev–Trinajstić information content (AvgIpc) is 3.47. The highest BCUT2D eigenvalue weighted by Gasteiger charge is 2.56. The summed E-state index contributed by atoms with van der Waals surface area (Å²) in [6.07, 6.45) is 5.18. The Kier molecular flexibility index (Phi) is 3.56. The van der Waals surface area contributed by atoms with Crippen LogP contribution >= 0.6 is 0 Å². The minimum Gasteiger partial charge on any atom is -0.439 e. The maximum atomic E-state index is 13.1. The fourth-order valence-electron chi connectivity index (χ4n) is 4.91. The Morgan fingerprint density at radius 3 is 2.44 bits per heavy atom. The number of rotatable bonds is 4. The number of nitrogens with zero attached hydrogens (tertiary/aromatic N) is 2. The van der Waals surface area contributed by atoms with Crippen molar-refractivity contribution in [1.29, 1.82) is 0 Å². The maximum Gasteiger partial charge on any atom is 0.219 e. The van der Waals surface area contributed by atoms with Crippen LogP contribution in [0.4, 0.5) is 4.39 Å². The zero-order valence-corrected chi connectivity index (χ0v) is 14.3. The Hall–Kier alpha value is -1.94. The van der Waals surface area contributed by atoms with E-state index in [9.17, 15) is 4.39 Å². The summed E-state index contributed by atoms with van der Waals surface area (Å²) >= 11 is 0. The van der Waals surface area contributed by atoms with E-state index in [1.165, 1.54) is 63.1 Å². The normalized spacial score (nSPS) is 29.4. The van der Waals surface area contributed by atoms with Gasteiger partial charge in [0.15, 0.2) is 0 Å². The molecule has 1 saturated carbocycles. The minimum atomic E-state index is -0.256. The molecule has 1 aromatic heterocycles. The summed E-state index contributed by atoms with van der Waals surface area (Å²) in [5, 5.41) is 0. The molecular formula is C21H23FN2O. The number of fused-ring (bicyclic) bond motifs is 3. The number of halogens is 1. The van der Waals surface area contributed by atoms with Crippen molar-refractivity contribution in [2.45, 2.75) is 31.1 Å². The van der Waals surface area contributed by atoms with Gasteiger partial charge >= 0.3 is 0 Å². The molecule has 0 N–H and O–H groups in total. The summed E-state index contributed by atoms with van der Waals surface area (Å²) in [6, 6.07) is 12.2. The molecule has 3 nitrogen and oxygen atoms in total. The van der Waals surface area contributed by atoms with Crippen LogP contribution in [-0.2, 0) is 5.41 Å². The Balaban J connectivity index is 1.40. The minimum absolute atomic E-state index is 0.256. The molecule has 25 heavy (non-hydrogen) atoms. The first-order chi connectivity index (χ1) is 12.2. The number of hydrogen-bond acceptors (Lipinski definition) is 3. The lowest BCUT2D eigenvalue weighted by Crippen LogP contribution is -2.51. The average molecular weight is 338 g/mol. The maximum absolute atomic E-state index is 13.1. The molecule has 3 aliphatic heterocycles. The molecule has 1 atom stereocenters. The molecule has 2 bridgehead atoms. The van der Waals surface area contributed by atoms with Gasteiger partial charge in [-0.25, -0.2) is 9.37 Å². The molecule has 4 heteroatoms. The van der Waals surface area contributed by atoms with E-state index in [0.29, 0.717) is 11.6 Å². The highest BCUT2D eigenvalue weighted by Crippen LogP contribution is 2.58. The largest absolute Gasteiger partial charge is 0.439 e. The van der Waals surface area contributed by atoms with Crippen LogP contribution in [0.15, 0.2) is 42.5 Å². The molecule has 1 aromatic carbocycles. The predicted octanol–water partition coefficient (Wildman–Crippen LogP) is 4.39. The zero-order chi connectivity index (χ0) is 16.9. The second-order valence-corrected chi connectivity index (χ2v) is 7.82. The van der Waals surface area contributed by atoms with Gasteiger partial charge in [0.2, 0.25) is 5.88 Å². The van der Waals surface area contributed by atoms with Gasteiger partial charge in [0.25, 0.3) is 0 Å². The first-order valence-electron chi connectivity index (χ1n) is 9.36. The molecule has 0 radical (unpaired) electrons. The van der Waals surface area contributed by atoms with Gasteiger partial charge in [0.1, 0.15) is 11.6 Å². The lowest BCUT2D eigenvalue weighted by atomic mass is 9.69. The molecule has 4 heterocycles. The van der Waals surface area contributed by atoms with E-state index in [1.807, 2.05) is 12.1 Å². The van der Waals surface area contributed by atoms with Gasteiger partial charge in [-0.1, -0.05) is 6.07 Å². The molecule has 4 aliphatic rings. The van der Waals surface area contributed by atoms with Gasteiger partial charge < -0.3 is 9.64 Å². The second kappa shape index (κ2) is 5.80. The molecule has 1 unspecified atom stereocenters. The van der Waals surface area contributed by atoms with Crippen molar-refractivity contribution in [2.24, 2.45) is 11.8 Å². The number of aromatic nitrogens is 1. The van der Waals surface area contributed by atoms with Gasteiger partial charge in [-0.05, 0) is 80.9 Å². The molecular weight excluding hydrogens is 315 g/mol. The highest BCUT2D eigenvalue weighted by molar-refractivity contribution is 5.33. The van der Waals surface area contributed by atoms with Crippen LogP contribution in [0, 0.1) is 17.7 Å². The number of piperidine rings is 3. The van der Waals surface area contributed by atoms with Crippen molar-refractivity contribution in [3.8, 4) is 11.6 Å². The van der Waals surface area contributed by atoms with Crippen LogP contribution in [0.3, 0.4) is 0 Å². The summed E-state index contributed by atoms with van der Waals surface area (Å²) in [6.45, 7) is 3.78. The standard InChI is InChI=1S/C21H23FN2O/c22-16-4-6-17(7-5-16)25-20-3-1-2-19(23-20)21(10-11-21)18-14-24-12-8-15(18)9-13-24/h1-7,15,18H,8-14H2. The summed E-state index contributed by atoms with van der Waals surface area (Å²) < 4.78 is 18.9. The van der Waals surface area contributed by atoms with Crippen molar-refractivity contribution in [1.82, 2.24) is 9.88 Å². The molecule has 2 aromatic rings. The van der Waals surface area contributed by atoms with E-state index in [-0.39, 0.29) is 11.2 Å². The number of pyridine rings is 1. The van der Waals surface area contributed by atoms with Crippen LogP contribution < -0.4 is 4.74 Å². The Morgan fingerprint density at radius 2 is 1.80 bits per heavy atom. The van der Waals surface area contributed by atoms with Crippen LogP contribution in [0.5, 0.6) is 11.6 Å². The molecule has 0 spiro atoms. The third-order valence-electron chi connectivity index (χ3n) is 6.42. The lowest BCUT2D eigenvalue weighted by molar-refractivity contribution is 0.0296. The summed E-state index contributed by atoms with van der Waals surface area (Å²) in [7, 11) is 0. The highest BCUT2D eigenvalue weighted by atomic mass is 19.1. The zero-order valence-electron chi connectivity index (χ0n) is 14.3. The monoisotopic (exact) mass is 338 g/mol. The van der Waals surface area contributed by atoms with Gasteiger partial charge in [0.05, 0.1) is 5.69 Å². The summed E-state index contributed by atoms with van der Waals surface area (Å²) in [5.41, 5.74) is 1.44. The Morgan fingerprint density at radius 1 is 1.04 bits per heavy atom. The molecule has 3 saturated heterocycles. The van der Waals surface area contributed by atoms with Crippen LogP contribution in [0.25, 0.3) is 0 Å². The van der Waals surface area contributed by atoms with Gasteiger partial charge in [0, 0.05) is 18.0 Å². The fourth-order valence-corrected chi connectivity index (χ4v) is 4.91. The quantitative estimate of drug-likeness (QED) is 0.827. The third kappa shape index (κ3) is 2.73. The van der Waals surface area contributed by atoms with Crippen LogP contribution in [-0.4, -0.2) is 29.5 Å². The van der Waals surface area contributed by atoms with Crippen molar-refractivity contribution in [3.05, 3.63) is 54.0 Å². The molecule has 4 fully saturated rings. The second-order valence-electron chi connectivity index (χ2n) is 7.82. The predicted molar refractivity (Wildman–Crippen MR) is 94.3 cm³/mol. The van der Waals surface area contributed by atoms with Gasteiger partial charge in [-0.2, -0.15) is 0 Å². The first-order valence-corrected chi connectivity index (χ1v) is 9.36. The SMILES string of the molecule is Fc1ccc(Oc2cccc(C3(C4CN5CCC4CC5)CC3)n2)cc1. The van der Waals surface area contributed by atoms with Crippen molar-refractivity contribution in [2.75, 3.05) is 19.6 Å². The van der Waals surface area contributed by atoms with E-state index in [0.717, 1.165) is 11.8 Å². The molecule has 1 aliphatic carbocycles. The molecule has 6 rings (SSSR count). The van der Waals surface area contributed by atoms with Crippen LogP contribution in [0.2, 0.25) is 0 Å². The number of ether oxygens (including phenoxy) is 1. The number of benzene rings is 1. The van der Waals surface area contributed by atoms with Crippen molar-refractivity contribution < 1.29 is 9.13 Å².